The van der Waals surface area contributed by atoms with Crippen LogP contribution >= 0.6 is 0 Å². The predicted molar refractivity (Wildman–Crippen MR) is 58.8 cm³/mol. The van der Waals surface area contributed by atoms with Crippen molar-refractivity contribution in [3.63, 3.8) is 0 Å². The zero-order chi connectivity index (χ0) is 9.80. The first-order chi connectivity index (χ1) is 6.86. The normalized spacial score (nSPS) is 22.6. The molecule has 0 unspecified atom stereocenters. The van der Waals surface area contributed by atoms with Gasteiger partial charge in [-0.05, 0) is 18.8 Å². The Kier molecular flexibility index (Phi) is 3.00. The second-order valence-electron chi connectivity index (χ2n) is 3.93. The quantitative estimate of drug-likeness (QED) is 0.719. The Bertz CT molecular complexity index is 272. The number of allylic oxidation sites excluding steroid dienone is 6. The molecule has 0 saturated carbocycles. The fraction of sp³-hybridized carbons (Fsp3) is 0.385. The third-order valence-electron chi connectivity index (χ3n) is 2.85. The Labute approximate surface area is 85.1 Å². The van der Waals surface area contributed by atoms with E-state index in [1.54, 1.807) is 0 Å². The van der Waals surface area contributed by atoms with Crippen molar-refractivity contribution in [3.8, 4) is 0 Å². The van der Waals surface area contributed by atoms with E-state index in [2.05, 4.69) is 36.5 Å². The Hall–Kier alpha value is -1.08. The molecule has 1 nitrogen and oxygen atoms in total. The van der Waals surface area contributed by atoms with E-state index in [-0.39, 0.29) is 12.0 Å². The van der Waals surface area contributed by atoms with Crippen LogP contribution in [0.15, 0.2) is 48.6 Å². The second kappa shape index (κ2) is 4.43. The van der Waals surface area contributed by atoms with Crippen molar-refractivity contribution < 1.29 is 5.11 Å². The topological polar surface area (TPSA) is 20.2 Å². The highest BCUT2D eigenvalue weighted by Gasteiger charge is 2.16. The summed E-state index contributed by atoms with van der Waals surface area (Å²) in [5.74, 6) is 0.781. The van der Waals surface area contributed by atoms with E-state index >= 15 is 0 Å². The summed E-state index contributed by atoms with van der Waals surface area (Å²) in [5, 5.41) is 9.86. The highest BCUT2D eigenvalue weighted by atomic mass is 16.3. The molecule has 1 heteroatoms. The van der Waals surface area contributed by atoms with Crippen molar-refractivity contribution in [3.05, 3.63) is 48.6 Å². The first-order valence-corrected chi connectivity index (χ1v) is 5.24. The minimum Gasteiger partial charge on any atom is -0.392 e. The van der Waals surface area contributed by atoms with Gasteiger partial charge in [0.25, 0.3) is 0 Å². The third kappa shape index (κ3) is 2.24. The van der Waals surface area contributed by atoms with Gasteiger partial charge >= 0.3 is 0 Å². The van der Waals surface area contributed by atoms with Gasteiger partial charge in [0.15, 0.2) is 0 Å². The van der Waals surface area contributed by atoms with Crippen LogP contribution in [0.25, 0.3) is 0 Å². The average Bonchev–Trinajstić information content (AvgIpc) is 2.87. The molecule has 0 heterocycles. The minimum atomic E-state index is -0.215. The predicted octanol–water partition coefficient (Wildman–Crippen LogP) is 2.61. The molecule has 0 spiro atoms. The number of aliphatic hydroxyl groups is 1. The van der Waals surface area contributed by atoms with E-state index in [1.165, 1.54) is 0 Å². The molecule has 14 heavy (non-hydrogen) atoms. The molecule has 0 aliphatic heterocycles. The Morgan fingerprint density at radius 1 is 0.929 bits per heavy atom. The maximum atomic E-state index is 9.86. The van der Waals surface area contributed by atoms with E-state index < -0.39 is 0 Å². The Morgan fingerprint density at radius 2 is 1.50 bits per heavy atom. The maximum Gasteiger partial charge on any atom is 0.0637 e. The van der Waals surface area contributed by atoms with E-state index in [0.717, 1.165) is 12.8 Å². The smallest absolute Gasteiger partial charge is 0.0637 e. The molecule has 0 aromatic rings. The van der Waals surface area contributed by atoms with Gasteiger partial charge in [0.1, 0.15) is 0 Å². The maximum absolute atomic E-state index is 9.86. The molecule has 2 aliphatic carbocycles. The first kappa shape index (κ1) is 9.47. The van der Waals surface area contributed by atoms with Crippen molar-refractivity contribution in [2.75, 3.05) is 0 Å². The lowest BCUT2D eigenvalue weighted by Crippen LogP contribution is -2.16. The summed E-state index contributed by atoms with van der Waals surface area (Å²) in [5.41, 5.74) is 0. The molecule has 0 amide bonds. The van der Waals surface area contributed by atoms with Crippen LogP contribution in [0.5, 0.6) is 0 Å². The molecule has 2 aliphatic rings. The summed E-state index contributed by atoms with van der Waals surface area (Å²) in [6.45, 7) is 0. The zero-order valence-corrected chi connectivity index (χ0v) is 8.21. The molecule has 0 bridgehead atoms. The zero-order valence-electron chi connectivity index (χ0n) is 8.21. The van der Waals surface area contributed by atoms with Gasteiger partial charge in [-0.2, -0.15) is 0 Å². The van der Waals surface area contributed by atoms with Gasteiger partial charge in [0.2, 0.25) is 0 Å². The van der Waals surface area contributed by atoms with E-state index in [4.69, 9.17) is 0 Å². The van der Waals surface area contributed by atoms with Crippen LogP contribution in [-0.2, 0) is 0 Å². The summed E-state index contributed by atoms with van der Waals surface area (Å²) < 4.78 is 0. The fourth-order valence-corrected chi connectivity index (χ4v) is 1.93. The molecule has 0 radical (unpaired) electrons. The van der Waals surface area contributed by atoms with Crippen LogP contribution in [0.1, 0.15) is 12.8 Å². The van der Waals surface area contributed by atoms with Crippen molar-refractivity contribution in [1.82, 2.24) is 0 Å². The summed E-state index contributed by atoms with van der Waals surface area (Å²) in [4.78, 5) is 0. The van der Waals surface area contributed by atoms with Crippen LogP contribution in [0.3, 0.4) is 0 Å². The monoisotopic (exact) mass is 188 g/mol. The fourth-order valence-electron chi connectivity index (χ4n) is 1.93. The highest BCUT2D eigenvalue weighted by molar-refractivity contribution is 5.20. The largest absolute Gasteiger partial charge is 0.392 e. The third-order valence-corrected chi connectivity index (χ3v) is 2.85. The molecular weight excluding hydrogens is 172 g/mol. The molecule has 1 atom stereocenters. The van der Waals surface area contributed by atoms with Gasteiger partial charge in [-0.3, -0.25) is 0 Å². The van der Waals surface area contributed by atoms with E-state index in [0.29, 0.717) is 5.92 Å². The Morgan fingerprint density at radius 3 is 2.14 bits per heavy atom. The lowest BCUT2D eigenvalue weighted by Gasteiger charge is -2.15. The van der Waals surface area contributed by atoms with Gasteiger partial charge in [0, 0.05) is 5.92 Å². The first-order valence-electron chi connectivity index (χ1n) is 5.24. The van der Waals surface area contributed by atoms with Crippen molar-refractivity contribution in [2.24, 2.45) is 11.8 Å². The number of rotatable bonds is 4. The van der Waals surface area contributed by atoms with Gasteiger partial charge < -0.3 is 5.11 Å². The van der Waals surface area contributed by atoms with Crippen LogP contribution in [-0.4, -0.2) is 11.2 Å². The molecule has 74 valence electrons. The van der Waals surface area contributed by atoms with Gasteiger partial charge in [0.05, 0.1) is 6.10 Å². The molecule has 2 rings (SSSR count). The average molecular weight is 188 g/mol. The molecule has 1 N–H and O–H groups in total. The summed E-state index contributed by atoms with van der Waals surface area (Å²) >= 11 is 0. The molecule has 0 aromatic carbocycles. The summed E-state index contributed by atoms with van der Waals surface area (Å²) in [6.07, 6.45) is 18.4. The van der Waals surface area contributed by atoms with E-state index in [9.17, 15) is 5.11 Å². The van der Waals surface area contributed by atoms with E-state index in [1.807, 2.05) is 12.2 Å². The van der Waals surface area contributed by atoms with Crippen molar-refractivity contribution >= 4 is 0 Å². The molecule has 0 saturated heterocycles. The van der Waals surface area contributed by atoms with Gasteiger partial charge in [-0.15, -0.1) is 0 Å². The van der Waals surface area contributed by atoms with Crippen molar-refractivity contribution in [1.29, 1.82) is 0 Å². The highest BCUT2D eigenvalue weighted by Crippen LogP contribution is 2.22. The summed E-state index contributed by atoms with van der Waals surface area (Å²) in [6, 6.07) is 0. The number of hydrogen-bond acceptors (Lipinski definition) is 1. The number of aliphatic hydroxyl groups excluding tert-OH is 1. The lowest BCUT2D eigenvalue weighted by molar-refractivity contribution is 0.135. The van der Waals surface area contributed by atoms with Gasteiger partial charge in [-0.1, -0.05) is 48.6 Å². The number of hydrogen-bond donors (Lipinski definition) is 1. The summed E-state index contributed by atoms with van der Waals surface area (Å²) in [7, 11) is 0. The Balaban J connectivity index is 1.74. The minimum absolute atomic E-state index is 0.215. The molecule has 0 fully saturated rings. The van der Waals surface area contributed by atoms with Crippen molar-refractivity contribution in [2.45, 2.75) is 18.9 Å². The van der Waals surface area contributed by atoms with Crippen LogP contribution < -0.4 is 0 Å². The molecule has 0 aromatic heterocycles. The van der Waals surface area contributed by atoms with Gasteiger partial charge in [-0.25, -0.2) is 0 Å². The lowest BCUT2D eigenvalue weighted by atomic mass is 9.95. The molecular formula is C13H16O. The van der Waals surface area contributed by atoms with Crippen LogP contribution in [0, 0.1) is 11.8 Å². The second-order valence-corrected chi connectivity index (χ2v) is 3.93. The van der Waals surface area contributed by atoms with Crippen LogP contribution in [0.4, 0.5) is 0 Å². The van der Waals surface area contributed by atoms with Crippen LogP contribution in [0.2, 0.25) is 0 Å². The SMILES string of the molecule is O[C@@H](CCC1C=CC=C1)C1C=CC=C1. The standard InChI is InChI=1S/C13H16O/c14-13(12-7-3-4-8-12)10-9-11-5-1-2-6-11/h1-8,11-14H,9-10H2/t13-/m0/s1.